The van der Waals surface area contributed by atoms with E-state index in [4.69, 9.17) is 14.6 Å². The molecule has 0 radical (unpaired) electrons. The number of alkyl halides is 1. The van der Waals surface area contributed by atoms with Crippen molar-refractivity contribution in [2.75, 3.05) is 27.8 Å². The van der Waals surface area contributed by atoms with Gasteiger partial charge in [-0.3, -0.25) is 0 Å². The highest BCUT2D eigenvalue weighted by Gasteiger charge is 2.46. The highest BCUT2D eigenvalue weighted by Crippen LogP contribution is 2.26. The van der Waals surface area contributed by atoms with Gasteiger partial charge in [-0.2, -0.15) is 0 Å². The minimum atomic E-state index is -1.21. The maximum atomic E-state index is 13.5. The molecular weight excluding hydrogens is 177 g/mol. The first kappa shape index (κ1) is 10.8. The van der Waals surface area contributed by atoms with Crippen molar-refractivity contribution in [1.29, 1.82) is 0 Å². The zero-order valence-corrected chi connectivity index (χ0v) is 8.11. The minimum absolute atomic E-state index is 0.191. The van der Waals surface area contributed by atoms with Gasteiger partial charge in [0.1, 0.15) is 6.10 Å². The average molecular weight is 193 g/mol. The molecule has 4 nitrogen and oxygen atoms in total. The maximum Gasteiger partial charge on any atom is 0.190 e. The average Bonchev–Trinajstić information content (AvgIpc) is 2.41. The summed E-state index contributed by atoms with van der Waals surface area (Å²) in [6.07, 6.45) is -2.57. The molecule has 1 heterocycles. The number of ether oxygens (including phenoxy) is 2. The second-order valence-electron chi connectivity index (χ2n) is 3.36. The number of hydrogen-bond acceptors (Lipinski definition) is 4. The number of hydrogen-bond donors (Lipinski definition) is 1. The predicted molar refractivity (Wildman–Crippen MR) is 45.1 cm³/mol. The van der Waals surface area contributed by atoms with Crippen LogP contribution in [0.15, 0.2) is 0 Å². The molecule has 1 aliphatic heterocycles. The third kappa shape index (κ3) is 1.99. The summed E-state index contributed by atoms with van der Waals surface area (Å²) in [4.78, 5) is 1.70. The predicted octanol–water partition coefficient (Wildman–Crippen LogP) is -0.382. The van der Waals surface area contributed by atoms with E-state index in [0.29, 0.717) is 0 Å². The fourth-order valence-electron chi connectivity index (χ4n) is 1.65. The largest absolute Gasteiger partial charge is 0.394 e. The molecule has 1 fully saturated rings. The van der Waals surface area contributed by atoms with Crippen LogP contribution in [0, 0.1) is 0 Å². The summed E-state index contributed by atoms with van der Waals surface area (Å²) in [6, 6.07) is -0.435. The van der Waals surface area contributed by atoms with E-state index in [-0.39, 0.29) is 6.61 Å². The van der Waals surface area contributed by atoms with Crippen LogP contribution < -0.4 is 0 Å². The lowest BCUT2D eigenvalue weighted by Gasteiger charge is -2.24. The first-order valence-electron chi connectivity index (χ1n) is 4.21. The van der Waals surface area contributed by atoms with Crippen LogP contribution in [-0.2, 0) is 9.47 Å². The molecule has 1 N–H and O–H groups in total. The van der Waals surface area contributed by atoms with Crippen molar-refractivity contribution in [3.8, 4) is 0 Å². The lowest BCUT2D eigenvalue weighted by molar-refractivity contribution is -0.141. The Morgan fingerprint density at radius 3 is 2.46 bits per heavy atom. The molecule has 0 amide bonds. The first-order chi connectivity index (χ1) is 6.11. The van der Waals surface area contributed by atoms with Crippen LogP contribution in [0.25, 0.3) is 0 Å². The molecule has 5 heteroatoms. The lowest BCUT2D eigenvalue weighted by Crippen LogP contribution is -2.43. The molecule has 0 unspecified atom stereocenters. The van der Waals surface area contributed by atoms with Crippen molar-refractivity contribution < 1.29 is 19.0 Å². The second-order valence-corrected chi connectivity index (χ2v) is 3.36. The van der Waals surface area contributed by atoms with E-state index in [0.717, 1.165) is 0 Å². The van der Waals surface area contributed by atoms with Gasteiger partial charge in [0.15, 0.2) is 12.5 Å². The molecule has 4 atom stereocenters. The second kappa shape index (κ2) is 4.32. The summed E-state index contributed by atoms with van der Waals surface area (Å²) in [6.45, 7) is -0.191. The van der Waals surface area contributed by atoms with Crippen molar-refractivity contribution in [3.05, 3.63) is 0 Å². The molecule has 0 saturated carbocycles. The molecule has 1 saturated heterocycles. The van der Waals surface area contributed by atoms with Gasteiger partial charge in [-0.05, 0) is 14.1 Å². The van der Waals surface area contributed by atoms with Crippen LogP contribution in [0.1, 0.15) is 0 Å². The van der Waals surface area contributed by atoms with Crippen LogP contribution in [-0.4, -0.2) is 62.4 Å². The van der Waals surface area contributed by atoms with Gasteiger partial charge in [-0.25, -0.2) is 4.39 Å². The number of nitrogens with zero attached hydrogens (tertiary/aromatic N) is 1. The minimum Gasteiger partial charge on any atom is -0.394 e. The van der Waals surface area contributed by atoms with E-state index in [9.17, 15) is 4.39 Å². The summed E-state index contributed by atoms with van der Waals surface area (Å²) in [7, 11) is 4.90. The highest BCUT2D eigenvalue weighted by molar-refractivity contribution is 4.92. The summed E-state index contributed by atoms with van der Waals surface area (Å²) >= 11 is 0. The van der Waals surface area contributed by atoms with Gasteiger partial charge < -0.3 is 19.5 Å². The van der Waals surface area contributed by atoms with Crippen LogP contribution >= 0.6 is 0 Å². The van der Waals surface area contributed by atoms with Crippen molar-refractivity contribution in [1.82, 2.24) is 4.90 Å². The Morgan fingerprint density at radius 1 is 1.54 bits per heavy atom. The van der Waals surface area contributed by atoms with Gasteiger partial charge in [0.25, 0.3) is 0 Å². The Labute approximate surface area is 77.2 Å². The zero-order chi connectivity index (χ0) is 10.0. The monoisotopic (exact) mass is 193 g/mol. The van der Waals surface area contributed by atoms with Crippen LogP contribution in [0.4, 0.5) is 4.39 Å². The van der Waals surface area contributed by atoms with Crippen molar-refractivity contribution in [2.24, 2.45) is 0 Å². The van der Waals surface area contributed by atoms with E-state index in [1.807, 2.05) is 0 Å². The Balaban J connectivity index is 2.68. The van der Waals surface area contributed by atoms with Gasteiger partial charge in [-0.1, -0.05) is 0 Å². The number of methoxy groups -OCH3 is 1. The van der Waals surface area contributed by atoms with Gasteiger partial charge in [0.05, 0.1) is 12.6 Å². The summed E-state index contributed by atoms with van der Waals surface area (Å²) in [5, 5.41) is 8.94. The Hall–Kier alpha value is -0.230. The molecule has 0 aromatic carbocycles. The molecule has 0 aliphatic carbocycles. The highest BCUT2D eigenvalue weighted by atomic mass is 19.1. The number of likely N-dealkylation sites (N-methyl/N-ethyl adjacent to an activating group) is 1. The van der Waals surface area contributed by atoms with Crippen molar-refractivity contribution >= 4 is 0 Å². The Bertz CT molecular complexity index is 165. The maximum absolute atomic E-state index is 13.5. The van der Waals surface area contributed by atoms with Gasteiger partial charge in [0, 0.05) is 7.11 Å². The number of aliphatic hydroxyl groups is 1. The van der Waals surface area contributed by atoms with E-state index in [2.05, 4.69) is 0 Å². The molecule has 1 aliphatic rings. The lowest BCUT2D eigenvalue weighted by atomic mass is 10.1. The number of rotatable bonds is 3. The third-order valence-electron chi connectivity index (χ3n) is 2.28. The molecule has 1 rings (SSSR count). The molecule has 78 valence electrons. The SMILES string of the molecule is CO[C@@H]1O[C@H](CO)[C@H](N(C)C)[C@H]1F. The van der Waals surface area contributed by atoms with E-state index >= 15 is 0 Å². The fourth-order valence-corrected chi connectivity index (χ4v) is 1.65. The summed E-state index contributed by atoms with van der Waals surface area (Å²) in [5.74, 6) is 0. The molecule has 0 bridgehead atoms. The van der Waals surface area contributed by atoms with Crippen LogP contribution in [0.5, 0.6) is 0 Å². The Kier molecular flexibility index (Phi) is 3.61. The number of halogens is 1. The van der Waals surface area contributed by atoms with Gasteiger partial charge in [-0.15, -0.1) is 0 Å². The van der Waals surface area contributed by atoms with Gasteiger partial charge in [0.2, 0.25) is 0 Å². The number of aliphatic hydroxyl groups excluding tert-OH is 1. The molecule has 0 aromatic rings. The standard InChI is InChI=1S/C8H16FNO3/c1-10(2)7-5(4-11)13-8(12-3)6(7)9/h5-8,11H,4H2,1-3H3/t5-,6-,7+,8-/m1/s1. The van der Waals surface area contributed by atoms with Crippen molar-refractivity contribution in [3.63, 3.8) is 0 Å². The molecule has 0 aromatic heterocycles. The zero-order valence-electron chi connectivity index (χ0n) is 8.11. The molecular formula is C8H16FNO3. The van der Waals surface area contributed by atoms with E-state index in [1.54, 1.807) is 19.0 Å². The normalized spacial score (nSPS) is 40.2. The van der Waals surface area contributed by atoms with E-state index in [1.165, 1.54) is 7.11 Å². The van der Waals surface area contributed by atoms with Crippen LogP contribution in [0.3, 0.4) is 0 Å². The van der Waals surface area contributed by atoms with E-state index < -0.39 is 24.6 Å². The summed E-state index contributed by atoms with van der Waals surface area (Å²) < 4.78 is 23.5. The smallest absolute Gasteiger partial charge is 0.190 e. The summed E-state index contributed by atoms with van der Waals surface area (Å²) in [5.41, 5.74) is 0. The molecule has 13 heavy (non-hydrogen) atoms. The Morgan fingerprint density at radius 2 is 2.15 bits per heavy atom. The van der Waals surface area contributed by atoms with Crippen LogP contribution in [0.2, 0.25) is 0 Å². The van der Waals surface area contributed by atoms with Gasteiger partial charge >= 0.3 is 0 Å². The third-order valence-corrected chi connectivity index (χ3v) is 2.28. The topological polar surface area (TPSA) is 41.9 Å². The first-order valence-corrected chi connectivity index (χ1v) is 4.21. The van der Waals surface area contributed by atoms with Crippen molar-refractivity contribution in [2.45, 2.75) is 24.6 Å². The molecule has 0 spiro atoms. The fraction of sp³-hybridized carbons (Fsp3) is 1.00. The quantitative estimate of drug-likeness (QED) is 0.663.